The van der Waals surface area contributed by atoms with Gasteiger partial charge in [0.15, 0.2) is 5.75 Å². The molecule has 0 saturated carbocycles. The third-order valence-electron chi connectivity index (χ3n) is 1.17. The molecule has 0 heterocycles. The summed E-state index contributed by atoms with van der Waals surface area (Å²) in [6.45, 7) is 1.85. The number of benzene rings is 1. The van der Waals surface area contributed by atoms with E-state index in [1.165, 1.54) is 0 Å². The Kier molecular flexibility index (Phi) is 2.38. The van der Waals surface area contributed by atoms with Crippen LogP contribution in [-0.2, 0) is 10.1 Å². The second-order valence-electron chi connectivity index (χ2n) is 2.52. The van der Waals surface area contributed by atoms with E-state index in [9.17, 15) is 8.42 Å². The highest BCUT2D eigenvalue weighted by atomic mass is 32.2. The summed E-state index contributed by atoms with van der Waals surface area (Å²) in [5.74, 6) is 0.234. The molecule has 3 nitrogen and oxygen atoms in total. The molecule has 65 valence electrons. The van der Waals surface area contributed by atoms with Crippen molar-refractivity contribution < 1.29 is 12.6 Å². The molecular weight excluding hydrogens is 176 g/mol. The van der Waals surface area contributed by atoms with E-state index in [1.54, 1.807) is 12.1 Å². The summed E-state index contributed by atoms with van der Waals surface area (Å²) < 4.78 is 25.9. The van der Waals surface area contributed by atoms with Crippen LogP contribution in [0.5, 0.6) is 5.75 Å². The lowest BCUT2D eigenvalue weighted by Gasteiger charge is -2.01. The highest BCUT2D eigenvalue weighted by molar-refractivity contribution is 7.86. The average Bonchev–Trinajstić information content (AvgIpc) is 1.82. The van der Waals surface area contributed by atoms with Gasteiger partial charge in [0, 0.05) is 6.07 Å². The fourth-order valence-corrected chi connectivity index (χ4v) is 1.19. The van der Waals surface area contributed by atoms with Gasteiger partial charge in [0.05, 0.1) is 6.26 Å². The first kappa shape index (κ1) is 9.06. The van der Waals surface area contributed by atoms with Crippen molar-refractivity contribution >= 4 is 10.1 Å². The molecule has 0 spiro atoms. The summed E-state index contributed by atoms with van der Waals surface area (Å²) in [5, 5.41) is 0. The minimum Gasteiger partial charge on any atom is -0.382 e. The van der Waals surface area contributed by atoms with E-state index >= 15 is 0 Å². The highest BCUT2D eigenvalue weighted by Gasteiger charge is 2.03. The van der Waals surface area contributed by atoms with Gasteiger partial charge < -0.3 is 4.18 Å². The topological polar surface area (TPSA) is 43.4 Å². The molecule has 1 rings (SSSR count). The lowest BCUT2D eigenvalue weighted by molar-refractivity contribution is 0.492. The minimum atomic E-state index is -3.43. The summed E-state index contributed by atoms with van der Waals surface area (Å²) in [6, 6.07) is 7.71. The second-order valence-corrected chi connectivity index (χ2v) is 4.09. The normalized spacial score (nSPS) is 11.2. The van der Waals surface area contributed by atoms with Crippen LogP contribution in [0.3, 0.4) is 0 Å². The third-order valence-corrected chi connectivity index (χ3v) is 1.65. The standard InChI is InChI=1S/C8H9O3S/c1-7-4-3-5-8(6-7)11-12(2,9)10/h3-4,6H,1-2H3. The zero-order valence-corrected chi connectivity index (χ0v) is 7.68. The van der Waals surface area contributed by atoms with Gasteiger partial charge in [-0.1, -0.05) is 12.1 Å². The maximum absolute atomic E-state index is 10.7. The molecular formula is C8H9O3S. The van der Waals surface area contributed by atoms with Crippen LogP contribution >= 0.6 is 0 Å². The van der Waals surface area contributed by atoms with Crippen LogP contribution in [-0.4, -0.2) is 14.7 Å². The first-order chi connectivity index (χ1) is 5.47. The average molecular weight is 185 g/mol. The van der Waals surface area contributed by atoms with E-state index in [-0.39, 0.29) is 5.75 Å². The molecule has 0 unspecified atom stereocenters. The van der Waals surface area contributed by atoms with Gasteiger partial charge in [-0.05, 0) is 18.6 Å². The molecule has 1 aromatic carbocycles. The van der Waals surface area contributed by atoms with Crippen LogP contribution in [0.15, 0.2) is 18.2 Å². The van der Waals surface area contributed by atoms with Gasteiger partial charge >= 0.3 is 10.1 Å². The van der Waals surface area contributed by atoms with Gasteiger partial charge in [-0.3, -0.25) is 0 Å². The predicted octanol–water partition coefficient (Wildman–Crippen LogP) is 1.13. The minimum absolute atomic E-state index is 0.234. The van der Waals surface area contributed by atoms with Gasteiger partial charge in [0.1, 0.15) is 0 Å². The van der Waals surface area contributed by atoms with Crippen molar-refractivity contribution in [3.8, 4) is 5.75 Å². The summed E-state index contributed by atoms with van der Waals surface area (Å²) in [6.07, 6.45) is 1.00. The molecule has 0 N–H and O–H groups in total. The first-order valence-electron chi connectivity index (χ1n) is 3.35. The Labute approximate surface area is 72.1 Å². The fourth-order valence-electron chi connectivity index (χ4n) is 0.763. The summed E-state index contributed by atoms with van der Waals surface area (Å²) in [5.41, 5.74) is 0.937. The van der Waals surface area contributed by atoms with E-state index in [0.717, 1.165) is 11.8 Å². The van der Waals surface area contributed by atoms with E-state index in [0.29, 0.717) is 0 Å². The van der Waals surface area contributed by atoms with Crippen molar-refractivity contribution in [1.82, 2.24) is 0 Å². The molecule has 0 fully saturated rings. The Bertz CT molecular complexity index is 368. The molecule has 0 saturated heterocycles. The van der Waals surface area contributed by atoms with Gasteiger partial charge in [0.25, 0.3) is 0 Å². The Hall–Kier alpha value is -1.03. The molecule has 0 amide bonds. The molecule has 1 radical (unpaired) electrons. The van der Waals surface area contributed by atoms with E-state index < -0.39 is 10.1 Å². The van der Waals surface area contributed by atoms with Crippen molar-refractivity contribution in [1.29, 1.82) is 0 Å². The van der Waals surface area contributed by atoms with Crippen LogP contribution in [0.1, 0.15) is 5.56 Å². The molecule has 0 aliphatic rings. The number of aryl methyl sites for hydroxylation is 1. The summed E-state index contributed by atoms with van der Waals surface area (Å²) in [4.78, 5) is 0. The SMILES string of the molecule is Cc1cc[c]c(OS(C)(=O)=O)c1. The van der Waals surface area contributed by atoms with Crippen molar-refractivity contribution in [2.75, 3.05) is 6.26 Å². The van der Waals surface area contributed by atoms with Crippen molar-refractivity contribution in [2.45, 2.75) is 6.92 Å². The molecule has 0 aromatic heterocycles. The van der Waals surface area contributed by atoms with Crippen LogP contribution < -0.4 is 4.18 Å². The fraction of sp³-hybridized carbons (Fsp3) is 0.250. The van der Waals surface area contributed by atoms with Crippen LogP contribution in [0, 0.1) is 13.0 Å². The van der Waals surface area contributed by atoms with E-state index in [4.69, 9.17) is 0 Å². The first-order valence-corrected chi connectivity index (χ1v) is 5.17. The lowest BCUT2D eigenvalue weighted by atomic mass is 10.2. The molecule has 0 aliphatic heterocycles. The molecule has 0 atom stereocenters. The molecule has 1 aromatic rings. The van der Waals surface area contributed by atoms with Gasteiger partial charge in [-0.15, -0.1) is 0 Å². The smallest absolute Gasteiger partial charge is 0.306 e. The van der Waals surface area contributed by atoms with Crippen molar-refractivity contribution in [3.05, 3.63) is 29.8 Å². The molecule has 0 aliphatic carbocycles. The highest BCUT2D eigenvalue weighted by Crippen LogP contribution is 2.12. The maximum Gasteiger partial charge on any atom is 0.306 e. The lowest BCUT2D eigenvalue weighted by Crippen LogP contribution is -2.05. The van der Waals surface area contributed by atoms with E-state index in [2.05, 4.69) is 10.2 Å². The zero-order chi connectivity index (χ0) is 9.19. The Morgan fingerprint density at radius 3 is 2.67 bits per heavy atom. The summed E-state index contributed by atoms with van der Waals surface area (Å²) in [7, 11) is -3.43. The Morgan fingerprint density at radius 1 is 1.50 bits per heavy atom. The second kappa shape index (κ2) is 3.15. The predicted molar refractivity (Wildman–Crippen MR) is 45.5 cm³/mol. The van der Waals surface area contributed by atoms with E-state index in [1.807, 2.05) is 13.0 Å². The van der Waals surface area contributed by atoms with Crippen LogP contribution in [0.4, 0.5) is 0 Å². The molecule has 0 bridgehead atoms. The van der Waals surface area contributed by atoms with Crippen LogP contribution in [0.25, 0.3) is 0 Å². The molecule has 4 heteroatoms. The van der Waals surface area contributed by atoms with Gasteiger partial charge in [-0.25, -0.2) is 0 Å². The van der Waals surface area contributed by atoms with Crippen LogP contribution in [0.2, 0.25) is 0 Å². The zero-order valence-electron chi connectivity index (χ0n) is 6.87. The van der Waals surface area contributed by atoms with Gasteiger partial charge in [-0.2, -0.15) is 8.42 Å². The summed E-state index contributed by atoms with van der Waals surface area (Å²) >= 11 is 0. The number of hydrogen-bond donors (Lipinski definition) is 0. The third kappa shape index (κ3) is 2.92. The monoisotopic (exact) mass is 185 g/mol. The largest absolute Gasteiger partial charge is 0.382 e. The number of rotatable bonds is 2. The Morgan fingerprint density at radius 2 is 2.17 bits per heavy atom. The van der Waals surface area contributed by atoms with Gasteiger partial charge in [0.2, 0.25) is 0 Å². The maximum atomic E-state index is 10.7. The quantitative estimate of drug-likeness (QED) is 0.649. The number of hydrogen-bond acceptors (Lipinski definition) is 3. The van der Waals surface area contributed by atoms with Crippen molar-refractivity contribution in [3.63, 3.8) is 0 Å². The van der Waals surface area contributed by atoms with Crippen molar-refractivity contribution in [2.24, 2.45) is 0 Å². The molecule has 12 heavy (non-hydrogen) atoms. The Balaban J connectivity index is 2.91.